The molecule has 1 unspecified atom stereocenters. The zero-order valence-corrected chi connectivity index (χ0v) is 14.7. The van der Waals surface area contributed by atoms with Crippen LogP contribution in [0.15, 0.2) is 40.8 Å². The van der Waals surface area contributed by atoms with Crippen LogP contribution in [0.1, 0.15) is 19.9 Å². The number of fused-ring (bicyclic) bond motifs is 1. The molecule has 0 amide bonds. The molecule has 0 aliphatic rings. The minimum atomic E-state index is -0.729. The molecule has 5 nitrogen and oxygen atoms in total. The minimum absolute atomic E-state index is 0.258. The summed E-state index contributed by atoms with van der Waals surface area (Å²) < 4.78 is 6.31. The molecule has 0 spiro atoms. The summed E-state index contributed by atoms with van der Waals surface area (Å²) in [5.74, 6) is -0.455. The molecule has 3 aromatic rings. The Morgan fingerprint density at radius 2 is 2.08 bits per heavy atom. The van der Waals surface area contributed by atoms with E-state index in [1.165, 1.54) is 22.2 Å². The molecule has 0 saturated heterocycles. The molecule has 0 aliphatic heterocycles. The number of benzene rings is 1. The molecule has 7 heteroatoms. The van der Waals surface area contributed by atoms with Gasteiger partial charge in [0.25, 0.3) is 5.56 Å². The number of thiophene rings is 1. The maximum atomic E-state index is 12.9. The third kappa shape index (κ3) is 2.95. The summed E-state index contributed by atoms with van der Waals surface area (Å²) in [5.41, 5.74) is 1.41. The van der Waals surface area contributed by atoms with Crippen molar-refractivity contribution in [1.29, 1.82) is 0 Å². The maximum Gasteiger partial charge on any atom is 0.328 e. The first-order valence-corrected chi connectivity index (χ1v) is 8.69. The van der Waals surface area contributed by atoms with Crippen molar-refractivity contribution < 1.29 is 9.53 Å². The number of aromatic nitrogens is 2. The van der Waals surface area contributed by atoms with Gasteiger partial charge in [-0.1, -0.05) is 23.7 Å². The first-order valence-electron chi connectivity index (χ1n) is 7.43. The van der Waals surface area contributed by atoms with Gasteiger partial charge >= 0.3 is 5.97 Å². The van der Waals surface area contributed by atoms with E-state index >= 15 is 0 Å². The summed E-state index contributed by atoms with van der Waals surface area (Å²) in [4.78, 5) is 29.8. The first kappa shape index (κ1) is 16.7. The standard InChI is InChI=1S/C17H15ClN2O3S/c1-3-23-17(22)10(2)20-9-19-15-14(16(20)21)13(8-24-15)11-4-6-12(18)7-5-11/h4-10H,3H2,1-2H3. The van der Waals surface area contributed by atoms with Crippen molar-refractivity contribution in [2.24, 2.45) is 0 Å². The highest BCUT2D eigenvalue weighted by molar-refractivity contribution is 7.17. The molecule has 0 aliphatic carbocycles. The van der Waals surface area contributed by atoms with E-state index in [1.807, 2.05) is 17.5 Å². The van der Waals surface area contributed by atoms with Crippen molar-refractivity contribution in [2.75, 3.05) is 6.61 Å². The Balaban J connectivity index is 2.14. The SMILES string of the molecule is CCOC(=O)C(C)n1cnc2scc(-c3ccc(Cl)cc3)c2c1=O. The zero-order chi connectivity index (χ0) is 17.3. The van der Waals surface area contributed by atoms with Gasteiger partial charge in [-0.05, 0) is 31.5 Å². The second-order valence-electron chi connectivity index (χ2n) is 5.22. The van der Waals surface area contributed by atoms with Gasteiger partial charge in [0.1, 0.15) is 10.9 Å². The van der Waals surface area contributed by atoms with Crippen molar-refractivity contribution >= 4 is 39.1 Å². The quantitative estimate of drug-likeness (QED) is 0.660. The van der Waals surface area contributed by atoms with Crippen LogP contribution < -0.4 is 5.56 Å². The number of esters is 1. The Morgan fingerprint density at radius 3 is 2.75 bits per heavy atom. The highest BCUT2D eigenvalue weighted by atomic mass is 35.5. The minimum Gasteiger partial charge on any atom is -0.464 e. The fraction of sp³-hybridized carbons (Fsp3) is 0.235. The molecule has 1 atom stereocenters. The summed E-state index contributed by atoms with van der Waals surface area (Å²) in [6.45, 7) is 3.62. The predicted octanol–water partition coefficient (Wildman–Crippen LogP) is 3.90. The highest BCUT2D eigenvalue weighted by Crippen LogP contribution is 2.31. The molecule has 0 saturated carbocycles. The molecule has 24 heavy (non-hydrogen) atoms. The lowest BCUT2D eigenvalue weighted by Gasteiger charge is -2.13. The number of halogens is 1. The van der Waals surface area contributed by atoms with E-state index in [4.69, 9.17) is 16.3 Å². The number of rotatable bonds is 4. The van der Waals surface area contributed by atoms with E-state index in [2.05, 4.69) is 4.98 Å². The molecule has 3 rings (SSSR count). The fourth-order valence-electron chi connectivity index (χ4n) is 2.44. The fourth-order valence-corrected chi connectivity index (χ4v) is 3.47. The summed E-state index contributed by atoms with van der Waals surface area (Å²) in [6.07, 6.45) is 1.40. The van der Waals surface area contributed by atoms with Crippen LogP contribution in [-0.4, -0.2) is 22.1 Å². The molecule has 0 radical (unpaired) electrons. The van der Waals surface area contributed by atoms with Crippen LogP contribution in [0.2, 0.25) is 5.02 Å². The summed E-state index contributed by atoms with van der Waals surface area (Å²) in [5, 5.41) is 3.02. The summed E-state index contributed by atoms with van der Waals surface area (Å²) in [7, 11) is 0. The summed E-state index contributed by atoms with van der Waals surface area (Å²) in [6, 6.07) is 6.53. The van der Waals surface area contributed by atoms with Gasteiger partial charge in [0, 0.05) is 16.0 Å². The van der Waals surface area contributed by atoms with Crippen LogP contribution in [0.25, 0.3) is 21.3 Å². The van der Waals surface area contributed by atoms with E-state index in [1.54, 1.807) is 26.0 Å². The van der Waals surface area contributed by atoms with Gasteiger partial charge in [-0.3, -0.25) is 9.36 Å². The lowest BCUT2D eigenvalue weighted by molar-refractivity contribution is -0.146. The average Bonchev–Trinajstić information content (AvgIpc) is 3.00. The second-order valence-corrected chi connectivity index (χ2v) is 6.52. The van der Waals surface area contributed by atoms with Crippen molar-refractivity contribution in [3.63, 3.8) is 0 Å². The number of carbonyl (C=O) groups excluding carboxylic acids is 1. The molecule has 1 aromatic carbocycles. The molecule has 124 valence electrons. The molecule has 2 heterocycles. The van der Waals surface area contributed by atoms with Gasteiger partial charge in [0.15, 0.2) is 0 Å². The van der Waals surface area contributed by atoms with Gasteiger partial charge in [0.05, 0.1) is 18.3 Å². The Hall–Kier alpha value is -2.18. The number of hydrogen-bond acceptors (Lipinski definition) is 5. The van der Waals surface area contributed by atoms with Crippen LogP contribution >= 0.6 is 22.9 Å². The number of hydrogen-bond donors (Lipinski definition) is 0. The van der Waals surface area contributed by atoms with Crippen LogP contribution in [-0.2, 0) is 9.53 Å². The number of ether oxygens (including phenoxy) is 1. The molecule has 2 aromatic heterocycles. The van der Waals surface area contributed by atoms with E-state index in [-0.39, 0.29) is 12.2 Å². The predicted molar refractivity (Wildman–Crippen MR) is 95.7 cm³/mol. The van der Waals surface area contributed by atoms with E-state index in [0.29, 0.717) is 15.2 Å². The lowest BCUT2D eigenvalue weighted by Crippen LogP contribution is -2.29. The zero-order valence-electron chi connectivity index (χ0n) is 13.2. The van der Waals surface area contributed by atoms with Crippen LogP contribution in [0.3, 0.4) is 0 Å². The maximum absolute atomic E-state index is 12.9. The van der Waals surface area contributed by atoms with Gasteiger partial charge in [-0.15, -0.1) is 11.3 Å². The monoisotopic (exact) mass is 362 g/mol. The molecular weight excluding hydrogens is 348 g/mol. The normalized spacial score (nSPS) is 12.3. The number of carbonyl (C=O) groups is 1. The van der Waals surface area contributed by atoms with Crippen LogP contribution in [0.4, 0.5) is 0 Å². The highest BCUT2D eigenvalue weighted by Gasteiger charge is 2.21. The Bertz CT molecular complexity index is 947. The Labute approximate surface area is 147 Å². The number of nitrogens with zero attached hydrogens (tertiary/aromatic N) is 2. The smallest absolute Gasteiger partial charge is 0.328 e. The Morgan fingerprint density at radius 1 is 1.38 bits per heavy atom. The topological polar surface area (TPSA) is 61.2 Å². The van der Waals surface area contributed by atoms with Crippen molar-refractivity contribution in [3.05, 3.63) is 51.3 Å². The summed E-state index contributed by atoms with van der Waals surface area (Å²) >= 11 is 7.32. The average molecular weight is 363 g/mol. The third-order valence-corrected chi connectivity index (χ3v) is 4.86. The van der Waals surface area contributed by atoms with Gasteiger partial charge in [-0.25, -0.2) is 9.78 Å². The third-order valence-electron chi connectivity index (χ3n) is 3.72. The van der Waals surface area contributed by atoms with Gasteiger partial charge in [0.2, 0.25) is 0 Å². The lowest BCUT2D eigenvalue weighted by atomic mass is 10.1. The van der Waals surface area contributed by atoms with E-state index in [0.717, 1.165) is 11.1 Å². The van der Waals surface area contributed by atoms with Crippen molar-refractivity contribution in [2.45, 2.75) is 19.9 Å². The second kappa shape index (κ2) is 6.75. The van der Waals surface area contributed by atoms with Crippen molar-refractivity contribution in [1.82, 2.24) is 9.55 Å². The van der Waals surface area contributed by atoms with Crippen LogP contribution in [0, 0.1) is 0 Å². The molecule has 0 fully saturated rings. The molecule has 0 N–H and O–H groups in total. The van der Waals surface area contributed by atoms with Crippen molar-refractivity contribution in [3.8, 4) is 11.1 Å². The largest absolute Gasteiger partial charge is 0.464 e. The van der Waals surface area contributed by atoms with E-state index < -0.39 is 12.0 Å². The van der Waals surface area contributed by atoms with Crippen LogP contribution in [0.5, 0.6) is 0 Å². The molecular formula is C17H15ClN2O3S. The Kier molecular flexibility index (Phi) is 4.69. The van der Waals surface area contributed by atoms with E-state index in [9.17, 15) is 9.59 Å². The van der Waals surface area contributed by atoms with Gasteiger partial charge in [-0.2, -0.15) is 0 Å². The first-order chi connectivity index (χ1) is 11.5. The van der Waals surface area contributed by atoms with Gasteiger partial charge < -0.3 is 4.74 Å². The molecule has 0 bridgehead atoms.